The molecule has 0 fully saturated rings. The van der Waals surface area contributed by atoms with Crippen LogP contribution in [0, 0.1) is 5.82 Å². The van der Waals surface area contributed by atoms with Gasteiger partial charge in [0.2, 0.25) is 0 Å². The Labute approximate surface area is 102 Å². The van der Waals surface area contributed by atoms with E-state index in [9.17, 15) is 4.39 Å². The average Bonchev–Trinajstić information content (AvgIpc) is 2.72. The normalized spacial score (nSPS) is 10.9. The van der Waals surface area contributed by atoms with Crippen molar-refractivity contribution in [3.8, 4) is 11.5 Å². The van der Waals surface area contributed by atoms with Crippen molar-refractivity contribution in [2.45, 2.75) is 0 Å². The molecular formula is C13H7ClFNO. The second-order valence-electron chi connectivity index (χ2n) is 3.65. The maximum Gasteiger partial charge on any atom is 0.153 e. The highest BCUT2D eigenvalue weighted by atomic mass is 35.5. The number of benzene rings is 1. The zero-order valence-corrected chi connectivity index (χ0v) is 9.41. The molecule has 2 aromatic heterocycles. The number of fused-ring (bicyclic) bond motifs is 1. The summed E-state index contributed by atoms with van der Waals surface area (Å²) in [7, 11) is 0. The second kappa shape index (κ2) is 3.86. The molecule has 0 aliphatic heterocycles. The van der Waals surface area contributed by atoms with Crippen molar-refractivity contribution in [1.29, 1.82) is 0 Å². The molecule has 3 aromatic rings. The summed E-state index contributed by atoms with van der Waals surface area (Å²) in [6, 6.07) is 9.74. The van der Waals surface area contributed by atoms with Gasteiger partial charge in [0.15, 0.2) is 5.76 Å². The Bertz CT molecular complexity index is 693. The van der Waals surface area contributed by atoms with Gasteiger partial charge in [-0.2, -0.15) is 0 Å². The maximum atomic E-state index is 13.1. The van der Waals surface area contributed by atoms with Crippen molar-refractivity contribution in [1.82, 2.24) is 4.98 Å². The molecule has 0 N–H and O–H groups in total. The number of furan rings is 1. The number of hydrogen-bond donors (Lipinski definition) is 0. The van der Waals surface area contributed by atoms with Crippen LogP contribution in [0.3, 0.4) is 0 Å². The molecule has 0 saturated heterocycles. The van der Waals surface area contributed by atoms with Gasteiger partial charge in [-0.3, -0.25) is 4.98 Å². The highest BCUT2D eigenvalue weighted by Crippen LogP contribution is 2.28. The van der Waals surface area contributed by atoms with Crippen molar-refractivity contribution in [2.75, 3.05) is 0 Å². The Kier molecular flexibility index (Phi) is 2.34. The van der Waals surface area contributed by atoms with Crippen molar-refractivity contribution in [2.24, 2.45) is 0 Å². The van der Waals surface area contributed by atoms with E-state index in [1.165, 1.54) is 18.3 Å². The molecule has 2 nitrogen and oxygen atoms in total. The number of rotatable bonds is 1. The third-order valence-corrected chi connectivity index (χ3v) is 2.69. The Morgan fingerprint density at radius 3 is 2.82 bits per heavy atom. The summed E-state index contributed by atoms with van der Waals surface area (Å²) in [6.07, 6.45) is 1.41. The number of halogens is 2. The summed E-state index contributed by atoms with van der Waals surface area (Å²) < 4.78 is 18.6. The van der Waals surface area contributed by atoms with Gasteiger partial charge in [-0.05, 0) is 30.3 Å². The molecule has 0 amide bonds. The SMILES string of the molecule is Fc1ccnc(-c2cc3cc(Cl)ccc3o2)c1. The molecule has 3 rings (SSSR count). The smallest absolute Gasteiger partial charge is 0.153 e. The molecule has 0 atom stereocenters. The third-order valence-electron chi connectivity index (χ3n) is 2.45. The fourth-order valence-corrected chi connectivity index (χ4v) is 1.86. The predicted molar refractivity (Wildman–Crippen MR) is 64.4 cm³/mol. The topological polar surface area (TPSA) is 26.0 Å². The lowest BCUT2D eigenvalue weighted by atomic mass is 10.2. The lowest BCUT2D eigenvalue weighted by Crippen LogP contribution is -1.81. The van der Waals surface area contributed by atoms with Gasteiger partial charge in [-0.1, -0.05) is 11.6 Å². The lowest BCUT2D eigenvalue weighted by molar-refractivity contribution is 0.613. The molecular weight excluding hydrogens is 241 g/mol. The summed E-state index contributed by atoms with van der Waals surface area (Å²) in [5, 5.41) is 1.51. The summed E-state index contributed by atoms with van der Waals surface area (Å²) in [6.45, 7) is 0. The van der Waals surface area contributed by atoms with Crippen molar-refractivity contribution >= 4 is 22.6 Å². The predicted octanol–water partition coefficient (Wildman–Crippen LogP) is 4.29. The molecule has 4 heteroatoms. The van der Waals surface area contributed by atoms with Crippen LogP contribution in [-0.2, 0) is 0 Å². The molecule has 84 valence electrons. The molecule has 1 aromatic carbocycles. The van der Waals surface area contributed by atoms with Gasteiger partial charge in [0.05, 0.1) is 0 Å². The van der Waals surface area contributed by atoms with E-state index in [0.717, 1.165) is 5.39 Å². The van der Waals surface area contributed by atoms with E-state index in [1.54, 1.807) is 24.3 Å². The van der Waals surface area contributed by atoms with Crippen LogP contribution in [-0.4, -0.2) is 4.98 Å². The monoisotopic (exact) mass is 247 g/mol. The fraction of sp³-hybridized carbons (Fsp3) is 0. The van der Waals surface area contributed by atoms with E-state index in [-0.39, 0.29) is 5.82 Å². The van der Waals surface area contributed by atoms with Gasteiger partial charge >= 0.3 is 0 Å². The highest BCUT2D eigenvalue weighted by molar-refractivity contribution is 6.31. The van der Waals surface area contributed by atoms with E-state index < -0.39 is 0 Å². The first kappa shape index (κ1) is 10.3. The minimum atomic E-state index is -0.339. The molecule has 2 heterocycles. The Balaban J connectivity index is 2.18. The molecule has 0 bridgehead atoms. The van der Waals surface area contributed by atoms with Crippen LogP contribution in [0.5, 0.6) is 0 Å². The molecule has 0 unspecified atom stereocenters. The Morgan fingerprint density at radius 1 is 1.12 bits per heavy atom. The standard InChI is InChI=1S/C13H7ClFNO/c14-9-1-2-12-8(5-9)6-13(17-12)11-7-10(15)3-4-16-11/h1-7H. The van der Waals surface area contributed by atoms with E-state index in [1.807, 2.05) is 0 Å². The van der Waals surface area contributed by atoms with E-state index in [2.05, 4.69) is 4.98 Å². The molecule has 0 aliphatic carbocycles. The number of pyridine rings is 1. The van der Waals surface area contributed by atoms with Crippen LogP contribution in [0.15, 0.2) is 47.0 Å². The van der Waals surface area contributed by atoms with Gasteiger partial charge in [0, 0.05) is 22.7 Å². The Hall–Kier alpha value is -1.87. The van der Waals surface area contributed by atoms with Gasteiger partial charge < -0.3 is 4.42 Å². The van der Waals surface area contributed by atoms with Crippen LogP contribution >= 0.6 is 11.6 Å². The van der Waals surface area contributed by atoms with Crippen LogP contribution < -0.4 is 0 Å². The van der Waals surface area contributed by atoms with Crippen molar-refractivity contribution in [3.63, 3.8) is 0 Å². The largest absolute Gasteiger partial charge is 0.454 e. The summed E-state index contributed by atoms with van der Waals surface area (Å²) in [5.74, 6) is 0.190. The molecule has 0 saturated carbocycles. The van der Waals surface area contributed by atoms with E-state index >= 15 is 0 Å². The van der Waals surface area contributed by atoms with Crippen LogP contribution in [0.2, 0.25) is 5.02 Å². The molecule has 0 radical (unpaired) electrons. The minimum Gasteiger partial charge on any atom is -0.454 e. The average molecular weight is 248 g/mol. The van der Waals surface area contributed by atoms with Gasteiger partial charge in [0.1, 0.15) is 17.1 Å². The first-order chi connectivity index (χ1) is 8.22. The third kappa shape index (κ3) is 1.89. The molecule has 0 spiro atoms. The number of nitrogens with zero attached hydrogens (tertiary/aromatic N) is 1. The first-order valence-electron chi connectivity index (χ1n) is 5.03. The fourth-order valence-electron chi connectivity index (χ4n) is 1.68. The zero-order valence-electron chi connectivity index (χ0n) is 8.65. The van der Waals surface area contributed by atoms with Crippen LogP contribution in [0.4, 0.5) is 4.39 Å². The van der Waals surface area contributed by atoms with E-state index in [4.69, 9.17) is 16.0 Å². The molecule has 0 aliphatic rings. The van der Waals surface area contributed by atoms with Gasteiger partial charge in [0.25, 0.3) is 0 Å². The number of hydrogen-bond acceptors (Lipinski definition) is 2. The van der Waals surface area contributed by atoms with Crippen molar-refractivity contribution < 1.29 is 8.81 Å². The van der Waals surface area contributed by atoms with E-state index in [0.29, 0.717) is 22.1 Å². The summed E-state index contributed by atoms with van der Waals surface area (Å²) >= 11 is 5.88. The maximum absolute atomic E-state index is 13.1. The highest BCUT2D eigenvalue weighted by Gasteiger charge is 2.08. The van der Waals surface area contributed by atoms with Crippen LogP contribution in [0.25, 0.3) is 22.4 Å². The number of aromatic nitrogens is 1. The van der Waals surface area contributed by atoms with Gasteiger partial charge in [-0.25, -0.2) is 4.39 Å². The lowest BCUT2D eigenvalue weighted by Gasteiger charge is -1.94. The van der Waals surface area contributed by atoms with Crippen LogP contribution in [0.1, 0.15) is 0 Å². The summed E-state index contributed by atoms with van der Waals surface area (Å²) in [5.41, 5.74) is 1.17. The quantitative estimate of drug-likeness (QED) is 0.641. The molecule has 17 heavy (non-hydrogen) atoms. The first-order valence-corrected chi connectivity index (χ1v) is 5.41. The second-order valence-corrected chi connectivity index (χ2v) is 4.09. The van der Waals surface area contributed by atoms with Crippen molar-refractivity contribution in [3.05, 3.63) is 53.4 Å². The van der Waals surface area contributed by atoms with Gasteiger partial charge in [-0.15, -0.1) is 0 Å². The zero-order chi connectivity index (χ0) is 11.8. The Morgan fingerprint density at radius 2 is 2.00 bits per heavy atom. The minimum absolute atomic E-state index is 0.339. The summed E-state index contributed by atoms with van der Waals surface area (Å²) in [4.78, 5) is 4.06.